The van der Waals surface area contributed by atoms with E-state index < -0.39 is 15.5 Å². The maximum atomic E-state index is 12.4. The largest absolute Gasteiger partial charge is 0.516 e. The molecule has 0 amide bonds. The summed E-state index contributed by atoms with van der Waals surface area (Å²) in [5.74, 6) is 0. The Labute approximate surface area is 119 Å². The number of sulfonamides is 1. The smallest absolute Gasteiger partial charge is 0.392 e. The van der Waals surface area contributed by atoms with Gasteiger partial charge in [-0.15, -0.1) is 0 Å². The molecule has 1 aliphatic rings. The quantitative estimate of drug-likeness (QED) is 0.926. The Balaban J connectivity index is 2.22. The topological polar surface area (TPSA) is 67.8 Å². The Bertz CT molecular complexity index is 656. The van der Waals surface area contributed by atoms with Crippen LogP contribution < -0.4 is 4.72 Å². The fraction of sp³-hybridized carbons (Fsp3) is 0.417. The molecule has 0 radical (unpaired) electrons. The first-order chi connectivity index (χ1) is 9.69. The van der Waals surface area contributed by atoms with Gasteiger partial charge in [-0.1, -0.05) is 23.4 Å². The first kappa shape index (κ1) is 15.6. The second-order valence-corrected chi connectivity index (χ2v) is 6.34. The van der Waals surface area contributed by atoms with E-state index >= 15 is 0 Å². The minimum atomic E-state index is -5.44. The SMILES string of the molecule is CC1CC(Cc2ccccc2NS(=O)(=O)C(F)(F)F)=NO1. The lowest BCUT2D eigenvalue weighted by Gasteiger charge is -2.13. The summed E-state index contributed by atoms with van der Waals surface area (Å²) in [5, 5.41) is 3.82. The standard InChI is InChI=1S/C12H13F3N2O3S/c1-8-6-10(16-20-8)7-9-4-2-3-5-11(9)17-21(18,19)12(13,14)15/h2-5,8,17H,6-7H2,1H3. The molecule has 0 spiro atoms. The number of nitrogens with zero attached hydrogens (tertiary/aromatic N) is 1. The molecule has 9 heteroatoms. The fourth-order valence-corrected chi connectivity index (χ4v) is 2.48. The van der Waals surface area contributed by atoms with Crippen molar-refractivity contribution in [1.29, 1.82) is 0 Å². The Morgan fingerprint density at radius 1 is 1.38 bits per heavy atom. The van der Waals surface area contributed by atoms with Crippen molar-refractivity contribution in [2.45, 2.75) is 31.4 Å². The maximum absolute atomic E-state index is 12.4. The molecule has 2 rings (SSSR count). The minimum Gasteiger partial charge on any atom is -0.392 e. The maximum Gasteiger partial charge on any atom is 0.516 e. The van der Waals surface area contributed by atoms with Crippen LogP contribution in [-0.4, -0.2) is 25.7 Å². The highest BCUT2D eigenvalue weighted by atomic mass is 32.2. The summed E-state index contributed by atoms with van der Waals surface area (Å²) in [6.45, 7) is 1.81. The van der Waals surface area contributed by atoms with E-state index in [4.69, 9.17) is 4.84 Å². The Hall–Kier alpha value is -1.77. The van der Waals surface area contributed by atoms with Crippen LogP contribution in [0.3, 0.4) is 0 Å². The molecule has 1 unspecified atom stereocenters. The predicted molar refractivity (Wildman–Crippen MR) is 71.3 cm³/mol. The molecule has 0 aromatic heterocycles. The lowest BCUT2D eigenvalue weighted by molar-refractivity contribution is -0.0429. The van der Waals surface area contributed by atoms with Gasteiger partial charge in [0, 0.05) is 12.8 Å². The van der Waals surface area contributed by atoms with Crippen molar-refractivity contribution in [3.63, 3.8) is 0 Å². The number of nitrogens with one attached hydrogen (secondary N) is 1. The lowest BCUT2D eigenvalue weighted by atomic mass is 10.0. The zero-order chi connectivity index (χ0) is 15.7. The van der Waals surface area contributed by atoms with Gasteiger partial charge in [-0.25, -0.2) is 0 Å². The van der Waals surface area contributed by atoms with Crippen molar-refractivity contribution in [2.24, 2.45) is 5.16 Å². The van der Waals surface area contributed by atoms with Crippen molar-refractivity contribution in [2.75, 3.05) is 4.72 Å². The van der Waals surface area contributed by atoms with Gasteiger partial charge in [-0.2, -0.15) is 21.6 Å². The van der Waals surface area contributed by atoms with Gasteiger partial charge >= 0.3 is 15.5 Å². The van der Waals surface area contributed by atoms with Crippen molar-refractivity contribution >= 4 is 21.4 Å². The van der Waals surface area contributed by atoms with Crippen LogP contribution in [0.5, 0.6) is 0 Å². The Kier molecular flexibility index (Phi) is 4.13. The number of para-hydroxylation sites is 1. The number of halogens is 3. The summed E-state index contributed by atoms with van der Waals surface area (Å²) in [6, 6.07) is 5.88. The second-order valence-electron chi connectivity index (χ2n) is 4.66. The molecule has 1 N–H and O–H groups in total. The average molecular weight is 322 g/mol. The van der Waals surface area contributed by atoms with Crippen molar-refractivity contribution in [1.82, 2.24) is 0 Å². The molecule has 1 atom stereocenters. The van der Waals surface area contributed by atoms with Crippen LogP contribution in [0.4, 0.5) is 18.9 Å². The highest BCUT2D eigenvalue weighted by Gasteiger charge is 2.46. The summed E-state index contributed by atoms with van der Waals surface area (Å²) in [6.07, 6.45) is 0.695. The highest BCUT2D eigenvalue weighted by Crippen LogP contribution is 2.27. The van der Waals surface area contributed by atoms with E-state index in [0.29, 0.717) is 17.7 Å². The summed E-state index contributed by atoms with van der Waals surface area (Å²) in [7, 11) is -5.44. The van der Waals surface area contributed by atoms with Crippen LogP contribution in [-0.2, 0) is 21.3 Å². The van der Waals surface area contributed by atoms with Gasteiger partial charge in [0.25, 0.3) is 0 Å². The third kappa shape index (κ3) is 3.66. The van der Waals surface area contributed by atoms with Crippen molar-refractivity contribution < 1.29 is 26.4 Å². The lowest BCUT2D eigenvalue weighted by Crippen LogP contribution is -2.30. The molecule has 1 aliphatic heterocycles. The first-order valence-corrected chi connectivity index (χ1v) is 7.56. The highest BCUT2D eigenvalue weighted by molar-refractivity contribution is 7.93. The number of rotatable bonds is 4. The molecule has 1 aromatic rings. The van der Waals surface area contributed by atoms with E-state index in [1.807, 2.05) is 6.92 Å². The van der Waals surface area contributed by atoms with E-state index in [-0.39, 0.29) is 18.2 Å². The number of anilines is 1. The van der Waals surface area contributed by atoms with Crippen LogP contribution in [0.1, 0.15) is 18.9 Å². The molecule has 21 heavy (non-hydrogen) atoms. The van der Waals surface area contributed by atoms with Gasteiger partial charge in [0.2, 0.25) is 0 Å². The fourth-order valence-electron chi connectivity index (χ4n) is 1.87. The van der Waals surface area contributed by atoms with Gasteiger partial charge in [-0.05, 0) is 18.6 Å². The number of hydrogen-bond acceptors (Lipinski definition) is 4. The molecule has 0 aliphatic carbocycles. The van der Waals surface area contributed by atoms with E-state index in [1.165, 1.54) is 12.1 Å². The molecule has 1 heterocycles. The van der Waals surface area contributed by atoms with E-state index in [1.54, 1.807) is 16.9 Å². The molecule has 5 nitrogen and oxygen atoms in total. The summed E-state index contributed by atoms with van der Waals surface area (Å²) >= 11 is 0. The molecule has 0 saturated carbocycles. The van der Waals surface area contributed by atoms with Crippen LogP contribution >= 0.6 is 0 Å². The third-order valence-corrected chi connectivity index (χ3v) is 3.94. The van der Waals surface area contributed by atoms with E-state index in [0.717, 1.165) is 0 Å². The van der Waals surface area contributed by atoms with E-state index in [2.05, 4.69) is 5.16 Å². The van der Waals surface area contributed by atoms with Crippen molar-refractivity contribution in [3.8, 4) is 0 Å². The molecule has 116 valence electrons. The van der Waals surface area contributed by atoms with Crippen LogP contribution in [0, 0.1) is 0 Å². The molecular weight excluding hydrogens is 309 g/mol. The van der Waals surface area contributed by atoms with Gasteiger partial charge in [-0.3, -0.25) is 4.72 Å². The molecule has 1 aromatic carbocycles. The van der Waals surface area contributed by atoms with Crippen molar-refractivity contribution in [3.05, 3.63) is 29.8 Å². The third-order valence-electron chi connectivity index (χ3n) is 2.85. The van der Waals surface area contributed by atoms with Crippen LogP contribution in [0.15, 0.2) is 29.4 Å². The zero-order valence-electron chi connectivity index (χ0n) is 11.0. The second kappa shape index (κ2) is 5.55. The normalized spacial score (nSPS) is 19.0. The number of benzene rings is 1. The average Bonchev–Trinajstić information content (AvgIpc) is 2.75. The summed E-state index contributed by atoms with van der Waals surface area (Å²) in [5.41, 5.74) is -4.41. The number of alkyl halides is 3. The Morgan fingerprint density at radius 3 is 2.62 bits per heavy atom. The minimum absolute atomic E-state index is 0.0842. The Morgan fingerprint density at radius 2 is 2.05 bits per heavy atom. The van der Waals surface area contributed by atoms with Crippen LogP contribution in [0.2, 0.25) is 0 Å². The molecule has 0 fully saturated rings. The number of oxime groups is 1. The molecule has 0 saturated heterocycles. The van der Waals surface area contributed by atoms with Crippen LogP contribution in [0.25, 0.3) is 0 Å². The molecule has 0 bridgehead atoms. The summed E-state index contributed by atoms with van der Waals surface area (Å²) < 4.78 is 61.1. The zero-order valence-corrected chi connectivity index (χ0v) is 11.8. The van der Waals surface area contributed by atoms with E-state index in [9.17, 15) is 21.6 Å². The summed E-state index contributed by atoms with van der Waals surface area (Å²) in [4.78, 5) is 5.00. The van der Waals surface area contributed by atoms with Gasteiger partial charge < -0.3 is 4.84 Å². The first-order valence-electron chi connectivity index (χ1n) is 6.07. The van der Waals surface area contributed by atoms with Gasteiger partial charge in [0.05, 0.1) is 11.4 Å². The number of hydrogen-bond donors (Lipinski definition) is 1. The predicted octanol–water partition coefficient (Wildman–Crippen LogP) is 2.66. The monoisotopic (exact) mass is 322 g/mol. The molecular formula is C12H13F3N2O3S. The van der Waals surface area contributed by atoms with Gasteiger partial charge in [0.1, 0.15) is 6.10 Å². The van der Waals surface area contributed by atoms with Gasteiger partial charge in [0.15, 0.2) is 0 Å².